The summed E-state index contributed by atoms with van der Waals surface area (Å²) < 4.78 is 17.2. The molecule has 4 rings (SSSR count). The number of hydrogen-bond donors (Lipinski definition) is 1. The number of likely N-dealkylation sites (tertiary alicyclic amines) is 1. The molecule has 0 amide bonds. The minimum absolute atomic E-state index is 0.0900. The van der Waals surface area contributed by atoms with E-state index in [1.54, 1.807) is 6.07 Å². The van der Waals surface area contributed by atoms with Crippen LogP contribution in [-0.2, 0) is 0 Å². The molecular weight excluding hydrogens is 382 g/mol. The van der Waals surface area contributed by atoms with Crippen LogP contribution in [0.15, 0.2) is 51.7 Å². The lowest BCUT2D eigenvalue weighted by Gasteiger charge is -2.26. The molecule has 30 heavy (non-hydrogen) atoms. The number of fused-ring (bicyclic) bond motifs is 1. The summed E-state index contributed by atoms with van der Waals surface area (Å²) >= 11 is 0. The van der Waals surface area contributed by atoms with Crippen molar-refractivity contribution < 1.29 is 19.0 Å². The van der Waals surface area contributed by atoms with Crippen molar-refractivity contribution in [2.45, 2.75) is 25.7 Å². The molecule has 1 fully saturated rings. The Morgan fingerprint density at radius 1 is 1.10 bits per heavy atom. The van der Waals surface area contributed by atoms with E-state index in [0.29, 0.717) is 18.1 Å². The van der Waals surface area contributed by atoms with E-state index >= 15 is 0 Å². The van der Waals surface area contributed by atoms with Crippen LogP contribution in [0.1, 0.15) is 25.7 Å². The number of phenolic OH excluding ortho intramolecular Hbond substituents is 1. The lowest BCUT2D eigenvalue weighted by molar-refractivity contribution is 0.202. The number of ether oxygens (including phenoxy) is 2. The van der Waals surface area contributed by atoms with E-state index in [1.807, 2.05) is 30.3 Å². The first-order chi connectivity index (χ1) is 14.7. The van der Waals surface area contributed by atoms with Crippen LogP contribution in [-0.4, -0.2) is 43.4 Å². The molecule has 6 heteroatoms. The maximum Gasteiger partial charge on any atom is 0.204 e. The largest absolute Gasteiger partial charge is 0.504 e. The van der Waals surface area contributed by atoms with E-state index in [4.69, 9.17) is 13.9 Å². The Balaban J connectivity index is 1.59. The zero-order chi connectivity index (χ0) is 20.9. The monoisotopic (exact) mass is 409 g/mol. The average Bonchev–Trinajstić information content (AvgIpc) is 2.77. The van der Waals surface area contributed by atoms with Crippen molar-refractivity contribution >= 4 is 11.0 Å². The zero-order valence-corrected chi connectivity index (χ0v) is 17.2. The minimum Gasteiger partial charge on any atom is -0.504 e. The molecule has 0 aliphatic carbocycles. The molecule has 1 aromatic heterocycles. The van der Waals surface area contributed by atoms with Crippen molar-refractivity contribution in [1.29, 1.82) is 0 Å². The summed E-state index contributed by atoms with van der Waals surface area (Å²) in [6.45, 7) is 3.76. The third-order valence-corrected chi connectivity index (χ3v) is 5.50. The van der Waals surface area contributed by atoms with Crippen LogP contribution >= 0.6 is 0 Å². The van der Waals surface area contributed by atoms with Crippen LogP contribution in [0.25, 0.3) is 22.3 Å². The lowest BCUT2D eigenvalue weighted by atomic mass is 10.1. The van der Waals surface area contributed by atoms with Crippen molar-refractivity contribution in [1.82, 2.24) is 4.90 Å². The second-order valence-corrected chi connectivity index (χ2v) is 7.57. The number of benzene rings is 2. The Bertz CT molecular complexity index is 1050. The van der Waals surface area contributed by atoms with Crippen molar-refractivity contribution in [2.75, 3.05) is 33.4 Å². The van der Waals surface area contributed by atoms with Crippen LogP contribution < -0.4 is 14.9 Å². The third-order valence-electron chi connectivity index (χ3n) is 5.50. The van der Waals surface area contributed by atoms with Gasteiger partial charge in [0.15, 0.2) is 16.9 Å². The van der Waals surface area contributed by atoms with Gasteiger partial charge in [-0.05, 0) is 32.4 Å². The summed E-state index contributed by atoms with van der Waals surface area (Å²) in [6.07, 6.45) is 4.71. The molecule has 0 atom stereocenters. The molecule has 0 spiro atoms. The van der Waals surface area contributed by atoms with Crippen LogP contribution in [0.4, 0.5) is 0 Å². The highest BCUT2D eigenvalue weighted by atomic mass is 16.5. The number of piperidine rings is 1. The maximum atomic E-state index is 12.7. The molecule has 0 radical (unpaired) electrons. The maximum absolute atomic E-state index is 12.7. The molecule has 158 valence electrons. The van der Waals surface area contributed by atoms with Crippen molar-refractivity contribution in [3.63, 3.8) is 0 Å². The van der Waals surface area contributed by atoms with Gasteiger partial charge >= 0.3 is 0 Å². The molecule has 2 aromatic carbocycles. The van der Waals surface area contributed by atoms with Crippen LogP contribution in [0.5, 0.6) is 17.2 Å². The van der Waals surface area contributed by atoms with Gasteiger partial charge in [-0.2, -0.15) is 0 Å². The number of aromatic hydroxyl groups is 1. The number of rotatable bonds is 7. The van der Waals surface area contributed by atoms with Crippen molar-refractivity contribution in [2.24, 2.45) is 0 Å². The topological polar surface area (TPSA) is 72.1 Å². The van der Waals surface area contributed by atoms with E-state index in [0.717, 1.165) is 31.6 Å². The molecule has 1 saturated heterocycles. The van der Waals surface area contributed by atoms with E-state index in [1.165, 1.54) is 32.4 Å². The standard InChI is InChI=1S/C24H27NO5/c1-28-24-21(29-14-8-13-25-11-6-3-7-12-25)16-20-22(23(24)27)18(26)15-19(30-20)17-9-4-2-5-10-17/h2,4-5,9-10,15-16,27H,3,6-8,11-14H2,1H3. The predicted octanol–water partition coefficient (Wildman–Crippen LogP) is 4.43. The molecule has 6 nitrogen and oxygen atoms in total. The Labute approximate surface area is 175 Å². The molecule has 0 saturated carbocycles. The van der Waals surface area contributed by atoms with Gasteiger partial charge in [-0.15, -0.1) is 0 Å². The fourth-order valence-electron chi connectivity index (χ4n) is 3.96. The predicted molar refractivity (Wildman–Crippen MR) is 117 cm³/mol. The number of phenols is 1. The second-order valence-electron chi connectivity index (χ2n) is 7.57. The SMILES string of the molecule is COc1c(OCCCN2CCCCC2)cc2oc(-c3ccccc3)cc(=O)c2c1O. The molecule has 0 unspecified atom stereocenters. The Morgan fingerprint density at radius 2 is 1.87 bits per heavy atom. The van der Waals surface area contributed by atoms with Crippen LogP contribution in [0.3, 0.4) is 0 Å². The molecular formula is C24H27NO5. The molecule has 1 aliphatic rings. The highest BCUT2D eigenvalue weighted by molar-refractivity contribution is 5.89. The summed E-state index contributed by atoms with van der Waals surface area (Å²) in [5.74, 6) is 0.706. The Kier molecular flexibility index (Phi) is 6.23. The summed E-state index contributed by atoms with van der Waals surface area (Å²) in [5, 5.41) is 10.7. The van der Waals surface area contributed by atoms with E-state index in [-0.39, 0.29) is 27.9 Å². The van der Waals surface area contributed by atoms with Crippen LogP contribution in [0, 0.1) is 0 Å². The van der Waals surface area contributed by atoms with Gasteiger partial charge in [-0.3, -0.25) is 4.79 Å². The van der Waals surface area contributed by atoms with E-state index < -0.39 is 0 Å². The second kappa shape index (κ2) is 9.22. The Morgan fingerprint density at radius 3 is 2.60 bits per heavy atom. The van der Waals surface area contributed by atoms with Gasteiger partial charge in [0, 0.05) is 24.2 Å². The number of nitrogens with zero attached hydrogens (tertiary/aromatic N) is 1. The van der Waals surface area contributed by atoms with Gasteiger partial charge in [-0.25, -0.2) is 0 Å². The first kappa shape index (κ1) is 20.3. The normalized spacial score (nSPS) is 14.7. The zero-order valence-electron chi connectivity index (χ0n) is 17.2. The first-order valence-electron chi connectivity index (χ1n) is 10.5. The van der Waals surface area contributed by atoms with Crippen molar-refractivity contribution in [3.8, 4) is 28.6 Å². The van der Waals surface area contributed by atoms with Gasteiger partial charge in [-0.1, -0.05) is 36.8 Å². The van der Waals surface area contributed by atoms with Crippen LogP contribution in [0.2, 0.25) is 0 Å². The Hall–Kier alpha value is -2.99. The highest BCUT2D eigenvalue weighted by Crippen LogP contribution is 2.42. The fourth-order valence-corrected chi connectivity index (χ4v) is 3.96. The molecule has 0 bridgehead atoms. The smallest absolute Gasteiger partial charge is 0.204 e. The van der Waals surface area contributed by atoms with Crippen molar-refractivity contribution in [3.05, 3.63) is 52.7 Å². The minimum atomic E-state index is -0.331. The molecule has 1 N–H and O–H groups in total. The summed E-state index contributed by atoms with van der Waals surface area (Å²) in [4.78, 5) is 15.1. The molecule has 3 aromatic rings. The molecule has 2 heterocycles. The summed E-state index contributed by atoms with van der Waals surface area (Å²) in [7, 11) is 1.45. The third kappa shape index (κ3) is 4.28. The van der Waals surface area contributed by atoms with Gasteiger partial charge in [0.2, 0.25) is 5.75 Å². The highest BCUT2D eigenvalue weighted by Gasteiger charge is 2.20. The van der Waals surface area contributed by atoms with E-state index in [2.05, 4.69) is 4.90 Å². The summed E-state index contributed by atoms with van der Waals surface area (Å²) in [6, 6.07) is 12.4. The van der Waals surface area contributed by atoms with Gasteiger partial charge in [0.05, 0.1) is 13.7 Å². The number of hydrogen-bond acceptors (Lipinski definition) is 6. The fraction of sp³-hybridized carbons (Fsp3) is 0.375. The summed E-state index contributed by atoms with van der Waals surface area (Å²) in [5.41, 5.74) is 0.726. The van der Waals surface area contributed by atoms with Gasteiger partial charge < -0.3 is 23.9 Å². The lowest BCUT2D eigenvalue weighted by Crippen LogP contribution is -2.31. The number of methoxy groups -OCH3 is 1. The molecule has 1 aliphatic heterocycles. The van der Waals surface area contributed by atoms with Gasteiger partial charge in [0.25, 0.3) is 0 Å². The average molecular weight is 409 g/mol. The van der Waals surface area contributed by atoms with Gasteiger partial charge in [0.1, 0.15) is 16.7 Å². The van der Waals surface area contributed by atoms with E-state index in [9.17, 15) is 9.90 Å². The quantitative estimate of drug-likeness (QED) is 0.582. The first-order valence-corrected chi connectivity index (χ1v) is 10.5.